The Morgan fingerprint density at radius 1 is 0.950 bits per heavy atom. The number of hydrogen-bond acceptors (Lipinski definition) is 7. The maximum absolute atomic E-state index is 13.4. The Hall–Kier alpha value is -4.31. The molecule has 1 aliphatic heterocycles. The van der Waals surface area contributed by atoms with Crippen molar-refractivity contribution in [3.05, 3.63) is 72.4 Å². The lowest BCUT2D eigenvalue weighted by molar-refractivity contribution is -0.137. The summed E-state index contributed by atoms with van der Waals surface area (Å²) < 4.78 is 2.01. The highest BCUT2D eigenvalue weighted by Gasteiger charge is 2.33. The third-order valence-corrected chi connectivity index (χ3v) is 8.16. The zero-order valence-electron chi connectivity index (χ0n) is 22.4. The number of carbonyl (C=O) groups is 2. The van der Waals surface area contributed by atoms with E-state index in [1.807, 2.05) is 33.7 Å². The third-order valence-electron chi connectivity index (χ3n) is 8.16. The molecule has 0 spiro atoms. The molecule has 2 amide bonds. The molecule has 1 aromatic carbocycles. The van der Waals surface area contributed by atoms with Gasteiger partial charge in [-0.05, 0) is 62.8 Å². The summed E-state index contributed by atoms with van der Waals surface area (Å²) in [6.07, 6.45) is 10.6. The van der Waals surface area contributed by atoms with Crippen LogP contribution in [-0.4, -0.2) is 55.2 Å². The summed E-state index contributed by atoms with van der Waals surface area (Å²) in [6.45, 7) is 1.41. The number of aromatic nitrogens is 4. The molecule has 4 aromatic rings. The van der Waals surface area contributed by atoms with Crippen LogP contribution >= 0.6 is 0 Å². The Labute approximate surface area is 232 Å². The second-order valence-electron chi connectivity index (χ2n) is 10.8. The van der Waals surface area contributed by atoms with E-state index < -0.39 is 0 Å². The normalized spacial score (nSPS) is 21.3. The van der Waals surface area contributed by atoms with Gasteiger partial charge in [-0.2, -0.15) is 0 Å². The summed E-state index contributed by atoms with van der Waals surface area (Å²) in [5.74, 6) is 1.91. The molecule has 1 aliphatic carbocycles. The van der Waals surface area contributed by atoms with Gasteiger partial charge in [-0.25, -0.2) is 15.0 Å². The summed E-state index contributed by atoms with van der Waals surface area (Å²) in [4.78, 5) is 41.7. The number of rotatable bonds is 5. The number of nitrogens with two attached hydrogens (primary N) is 2. The summed E-state index contributed by atoms with van der Waals surface area (Å²) in [7, 11) is 0. The van der Waals surface area contributed by atoms with Crippen LogP contribution < -0.4 is 16.8 Å². The van der Waals surface area contributed by atoms with Gasteiger partial charge in [0.25, 0.3) is 5.91 Å². The lowest BCUT2D eigenvalue weighted by Gasteiger charge is -2.36. The Morgan fingerprint density at radius 3 is 2.50 bits per heavy atom. The molecule has 2 aliphatic rings. The number of amides is 2. The van der Waals surface area contributed by atoms with Gasteiger partial charge in [0, 0.05) is 60.7 Å². The van der Waals surface area contributed by atoms with Gasteiger partial charge in [-0.1, -0.05) is 18.2 Å². The number of piperidine rings is 1. The number of benzene rings is 1. The van der Waals surface area contributed by atoms with Gasteiger partial charge in [0.15, 0.2) is 0 Å². The minimum absolute atomic E-state index is 0.0689. The number of pyridine rings is 1. The highest BCUT2D eigenvalue weighted by atomic mass is 16.2. The first-order valence-electron chi connectivity index (χ1n) is 14.0. The van der Waals surface area contributed by atoms with Gasteiger partial charge in [0.2, 0.25) is 5.91 Å². The Bertz CT molecular complexity index is 1510. The maximum atomic E-state index is 13.4. The Kier molecular flexibility index (Phi) is 7.17. The molecule has 6 rings (SSSR count). The van der Waals surface area contributed by atoms with E-state index in [9.17, 15) is 9.59 Å². The standard InChI is InChI=1S/C30H34N8O2/c31-23-12-10-21(11-13-23)30(40)37-16-3-4-22(18-37)28-36-25(26-27(32)34-15-17-38(26)28)19-6-8-20(9-7-19)29(39)35-24-5-1-2-14-33-24/h1-2,5-9,14-15,17,21-23H,3-4,10-13,16,18,31H2,(H2,32,34)(H,33,35,39)/t21?,22-,23?/m1/s1. The second-order valence-corrected chi connectivity index (χ2v) is 10.8. The van der Waals surface area contributed by atoms with E-state index in [-0.39, 0.29) is 29.7 Å². The van der Waals surface area contributed by atoms with Crippen LogP contribution in [0.4, 0.5) is 11.6 Å². The smallest absolute Gasteiger partial charge is 0.256 e. The van der Waals surface area contributed by atoms with Gasteiger partial charge >= 0.3 is 0 Å². The average molecular weight is 539 g/mol. The van der Waals surface area contributed by atoms with Crippen LogP contribution in [0, 0.1) is 5.92 Å². The SMILES string of the molecule is Nc1nccn2c([C@@H]3CCCN(C(=O)C4CCC(N)CC4)C3)nc(-c3ccc(C(=O)Nc4ccccn4)cc3)c12. The van der Waals surface area contributed by atoms with E-state index in [0.29, 0.717) is 29.4 Å². The van der Waals surface area contributed by atoms with E-state index >= 15 is 0 Å². The minimum atomic E-state index is -0.242. The van der Waals surface area contributed by atoms with Crippen LogP contribution in [0.2, 0.25) is 0 Å². The molecule has 0 radical (unpaired) electrons. The van der Waals surface area contributed by atoms with E-state index in [1.54, 1.807) is 36.7 Å². The lowest BCUT2D eigenvalue weighted by Crippen LogP contribution is -2.44. The van der Waals surface area contributed by atoms with Gasteiger partial charge < -0.3 is 21.7 Å². The molecule has 40 heavy (non-hydrogen) atoms. The van der Waals surface area contributed by atoms with Crippen LogP contribution in [0.5, 0.6) is 0 Å². The largest absolute Gasteiger partial charge is 0.382 e. The third kappa shape index (κ3) is 5.14. The van der Waals surface area contributed by atoms with Crippen molar-refractivity contribution >= 4 is 29.0 Å². The fourth-order valence-corrected chi connectivity index (χ4v) is 5.99. The van der Waals surface area contributed by atoms with Crippen molar-refractivity contribution in [2.24, 2.45) is 11.7 Å². The lowest BCUT2D eigenvalue weighted by atomic mass is 9.85. The quantitative estimate of drug-likeness (QED) is 0.350. The highest BCUT2D eigenvalue weighted by molar-refractivity contribution is 6.04. The number of nitrogens with one attached hydrogen (secondary N) is 1. The van der Waals surface area contributed by atoms with Gasteiger partial charge in [0.1, 0.15) is 28.7 Å². The van der Waals surface area contributed by atoms with E-state index in [4.69, 9.17) is 16.5 Å². The number of carbonyl (C=O) groups excluding carboxylic acids is 2. The number of fused-ring (bicyclic) bond motifs is 1. The van der Waals surface area contributed by atoms with E-state index in [2.05, 4.69) is 15.3 Å². The van der Waals surface area contributed by atoms with Crippen LogP contribution in [0.3, 0.4) is 0 Å². The molecular weight excluding hydrogens is 504 g/mol. The minimum Gasteiger partial charge on any atom is -0.382 e. The number of nitrogens with zero attached hydrogens (tertiary/aromatic N) is 5. The molecule has 2 fully saturated rings. The summed E-state index contributed by atoms with van der Waals surface area (Å²) in [5, 5.41) is 2.80. The van der Waals surface area contributed by atoms with Crippen LogP contribution in [-0.2, 0) is 4.79 Å². The molecule has 10 nitrogen and oxygen atoms in total. The number of anilines is 2. The molecule has 1 saturated carbocycles. The second kappa shape index (κ2) is 11.1. The number of imidazole rings is 1. The average Bonchev–Trinajstić information content (AvgIpc) is 3.39. The molecule has 0 bridgehead atoms. The van der Waals surface area contributed by atoms with Crippen molar-refractivity contribution in [3.8, 4) is 11.3 Å². The highest BCUT2D eigenvalue weighted by Crippen LogP contribution is 2.35. The summed E-state index contributed by atoms with van der Waals surface area (Å²) >= 11 is 0. The van der Waals surface area contributed by atoms with Crippen LogP contribution in [0.1, 0.15) is 60.6 Å². The molecule has 1 atom stereocenters. The first kappa shape index (κ1) is 25.9. The molecule has 3 aromatic heterocycles. The van der Waals surface area contributed by atoms with E-state index in [0.717, 1.165) is 62.0 Å². The zero-order valence-corrected chi connectivity index (χ0v) is 22.4. The molecule has 4 heterocycles. The number of nitrogen functional groups attached to an aromatic ring is 1. The maximum Gasteiger partial charge on any atom is 0.256 e. The molecule has 10 heteroatoms. The van der Waals surface area contributed by atoms with Crippen LogP contribution in [0.15, 0.2) is 61.1 Å². The predicted molar refractivity (Wildman–Crippen MR) is 154 cm³/mol. The van der Waals surface area contributed by atoms with Gasteiger partial charge in [0.05, 0.1) is 0 Å². The Balaban J connectivity index is 1.26. The molecule has 5 N–H and O–H groups in total. The van der Waals surface area contributed by atoms with Crippen molar-refractivity contribution < 1.29 is 9.59 Å². The van der Waals surface area contributed by atoms with Gasteiger partial charge in [-0.3, -0.25) is 14.0 Å². The topological polar surface area (TPSA) is 145 Å². The first-order chi connectivity index (χ1) is 19.5. The number of hydrogen-bond donors (Lipinski definition) is 3. The summed E-state index contributed by atoms with van der Waals surface area (Å²) in [5.41, 5.74) is 15.2. The predicted octanol–water partition coefficient (Wildman–Crippen LogP) is 3.85. The fraction of sp³-hybridized carbons (Fsp3) is 0.367. The first-order valence-corrected chi connectivity index (χ1v) is 14.0. The zero-order chi connectivity index (χ0) is 27.6. The number of likely N-dealkylation sites (tertiary alicyclic amines) is 1. The monoisotopic (exact) mass is 538 g/mol. The van der Waals surface area contributed by atoms with Crippen LogP contribution in [0.25, 0.3) is 16.8 Å². The van der Waals surface area contributed by atoms with E-state index in [1.165, 1.54) is 0 Å². The van der Waals surface area contributed by atoms with Crippen molar-refractivity contribution in [1.82, 2.24) is 24.3 Å². The fourth-order valence-electron chi connectivity index (χ4n) is 5.99. The van der Waals surface area contributed by atoms with Crippen molar-refractivity contribution in [2.45, 2.75) is 50.5 Å². The van der Waals surface area contributed by atoms with Crippen molar-refractivity contribution in [3.63, 3.8) is 0 Å². The molecule has 1 saturated heterocycles. The Morgan fingerprint density at radius 2 is 1.75 bits per heavy atom. The van der Waals surface area contributed by atoms with Crippen molar-refractivity contribution in [2.75, 3.05) is 24.1 Å². The van der Waals surface area contributed by atoms with Crippen molar-refractivity contribution in [1.29, 1.82) is 0 Å². The van der Waals surface area contributed by atoms with Gasteiger partial charge in [-0.15, -0.1) is 0 Å². The molecular formula is C30H34N8O2. The molecule has 206 valence electrons. The molecule has 0 unspecified atom stereocenters. The summed E-state index contributed by atoms with van der Waals surface area (Å²) in [6, 6.07) is 12.8.